The van der Waals surface area contributed by atoms with Gasteiger partial charge < -0.3 is 19.3 Å². The molecular weight excluding hydrogens is 414 g/mol. The Bertz CT molecular complexity index is 918. The standard InChI is InChI=1S/C27H37N3O3/c1-32-25-15-23-10-14-30(27(31)17-24(23)16-26(25)33-2)20-22-7-3-4-12-29(19-22)13-6-9-21-8-5-11-28-18-21/h5,8,11,15-16,18,22H,3-4,6-7,9-10,12-14,17,19-20H2,1-2H3. The molecule has 178 valence electrons. The second-order valence-electron chi connectivity index (χ2n) is 9.37. The summed E-state index contributed by atoms with van der Waals surface area (Å²) in [6.45, 7) is 5.01. The van der Waals surface area contributed by atoms with Gasteiger partial charge in [-0.1, -0.05) is 12.5 Å². The Morgan fingerprint density at radius 3 is 2.67 bits per heavy atom. The third-order valence-corrected chi connectivity index (χ3v) is 7.05. The number of nitrogens with zero attached hydrogens (tertiary/aromatic N) is 3. The summed E-state index contributed by atoms with van der Waals surface area (Å²) in [6, 6.07) is 8.19. The van der Waals surface area contributed by atoms with E-state index in [1.807, 2.05) is 30.6 Å². The largest absolute Gasteiger partial charge is 0.493 e. The molecule has 0 N–H and O–H groups in total. The highest BCUT2D eigenvalue weighted by Gasteiger charge is 2.26. The molecule has 2 aromatic rings. The van der Waals surface area contributed by atoms with E-state index in [0.29, 0.717) is 18.1 Å². The van der Waals surface area contributed by atoms with Crippen molar-refractivity contribution in [3.8, 4) is 11.5 Å². The summed E-state index contributed by atoms with van der Waals surface area (Å²) >= 11 is 0. The van der Waals surface area contributed by atoms with Gasteiger partial charge in [0, 0.05) is 32.0 Å². The van der Waals surface area contributed by atoms with Crippen LogP contribution in [0.15, 0.2) is 36.7 Å². The lowest BCUT2D eigenvalue weighted by atomic mass is 10.0. The molecule has 1 fully saturated rings. The minimum atomic E-state index is 0.230. The Kier molecular flexibility index (Phi) is 8.21. The van der Waals surface area contributed by atoms with E-state index in [1.54, 1.807) is 14.2 Å². The van der Waals surface area contributed by atoms with Gasteiger partial charge in [0.05, 0.1) is 20.6 Å². The Hall–Kier alpha value is -2.60. The highest BCUT2D eigenvalue weighted by atomic mass is 16.5. The van der Waals surface area contributed by atoms with E-state index in [4.69, 9.17) is 9.47 Å². The van der Waals surface area contributed by atoms with Crippen molar-refractivity contribution >= 4 is 5.91 Å². The fourth-order valence-electron chi connectivity index (χ4n) is 5.24. The van der Waals surface area contributed by atoms with Crippen molar-refractivity contribution in [2.75, 3.05) is 46.9 Å². The zero-order chi connectivity index (χ0) is 23.0. The van der Waals surface area contributed by atoms with Crippen molar-refractivity contribution in [1.29, 1.82) is 0 Å². The van der Waals surface area contributed by atoms with E-state index in [1.165, 1.54) is 36.9 Å². The fourth-order valence-corrected chi connectivity index (χ4v) is 5.24. The fraction of sp³-hybridized carbons (Fsp3) is 0.556. The molecule has 1 amide bonds. The van der Waals surface area contributed by atoms with Crippen LogP contribution in [0.25, 0.3) is 0 Å². The van der Waals surface area contributed by atoms with Crippen LogP contribution < -0.4 is 9.47 Å². The average Bonchev–Trinajstić information content (AvgIpc) is 3.15. The van der Waals surface area contributed by atoms with E-state index in [2.05, 4.69) is 20.9 Å². The van der Waals surface area contributed by atoms with Gasteiger partial charge >= 0.3 is 0 Å². The summed E-state index contributed by atoms with van der Waals surface area (Å²) in [6.07, 6.45) is 11.0. The van der Waals surface area contributed by atoms with E-state index in [9.17, 15) is 4.79 Å². The minimum Gasteiger partial charge on any atom is -0.493 e. The lowest BCUT2D eigenvalue weighted by Crippen LogP contribution is -2.40. The smallest absolute Gasteiger partial charge is 0.227 e. The third kappa shape index (κ3) is 6.26. The maximum absolute atomic E-state index is 13.1. The Balaban J connectivity index is 1.33. The van der Waals surface area contributed by atoms with Gasteiger partial charge in [-0.2, -0.15) is 0 Å². The average molecular weight is 452 g/mol. The monoisotopic (exact) mass is 451 g/mol. The summed E-state index contributed by atoms with van der Waals surface area (Å²) in [5, 5.41) is 0. The predicted molar refractivity (Wildman–Crippen MR) is 130 cm³/mol. The number of aryl methyl sites for hydroxylation is 1. The van der Waals surface area contributed by atoms with Crippen LogP contribution in [0.4, 0.5) is 0 Å². The molecule has 0 saturated carbocycles. The van der Waals surface area contributed by atoms with Crippen molar-refractivity contribution in [3.63, 3.8) is 0 Å². The lowest BCUT2D eigenvalue weighted by molar-refractivity contribution is -0.130. The summed E-state index contributed by atoms with van der Waals surface area (Å²) in [7, 11) is 3.30. The number of hydrogen-bond donors (Lipinski definition) is 0. The van der Waals surface area contributed by atoms with Gasteiger partial charge in [-0.05, 0) is 86.0 Å². The SMILES string of the molecule is COc1cc2c(cc1OC)CC(=O)N(CC1CCCCN(CCCc3cccnc3)C1)CC2. The van der Waals surface area contributed by atoms with Crippen LogP contribution in [0, 0.1) is 5.92 Å². The molecule has 0 aliphatic carbocycles. The summed E-state index contributed by atoms with van der Waals surface area (Å²) in [4.78, 5) is 22.1. The van der Waals surface area contributed by atoms with Gasteiger partial charge in [-0.25, -0.2) is 0 Å². The molecule has 3 heterocycles. The van der Waals surface area contributed by atoms with Crippen LogP contribution in [-0.4, -0.2) is 67.6 Å². The maximum Gasteiger partial charge on any atom is 0.227 e. The molecule has 1 saturated heterocycles. The number of benzene rings is 1. The molecule has 1 unspecified atom stereocenters. The zero-order valence-corrected chi connectivity index (χ0v) is 20.1. The number of methoxy groups -OCH3 is 2. The molecule has 1 atom stereocenters. The van der Waals surface area contributed by atoms with Crippen LogP contribution in [0.3, 0.4) is 0 Å². The quantitative estimate of drug-likeness (QED) is 0.612. The molecule has 4 rings (SSSR count). The highest BCUT2D eigenvalue weighted by Crippen LogP contribution is 2.32. The molecule has 2 aliphatic heterocycles. The van der Waals surface area contributed by atoms with E-state index in [0.717, 1.165) is 56.8 Å². The number of ether oxygens (including phenoxy) is 2. The number of likely N-dealkylation sites (tertiary alicyclic amines) is 1. The van der Waals surface area contributed by atoms with Crippen molar-refractivity contribution in [3.05, 3.63) is 53.3 Å². The van der Waals surface area contributed by atoms with Gasteiger partial charge in [0.15, 0.2) is 11.5 Å². The first kappa shape index (κ1) is 23.6. The van der Waals surface area contributed by atoms with Gasteiger partial charge in [-0.3, -0.25) is 9.78 Å². The van der Waals surface area contributed by atoms with Gasteiger partial charge in [0.1, 0.15) is 0 Å². The first-order chi connectivity index (χ1) is 16.2. The number of hydrogen-bond acceptors (Lipinski definition) is 5. The van der Waals surface area contributed by atoms with Crippen molar-refractivity contribution in [1.82, 2.24) is 14.8 Å². The summed E-state index contributed by atoms with van der Waals surface area (Å²) < 4.78 is 10.9. The summed E-state index contributed by atoms with van der Waals surface area (Å²) in [5.41, 5.74) is 3.58. The first-order valence-electron chi connectivity index (χ1n) is 12.3. The summed E-state index contributed by atoms with van der Waals surface area (Å²) in [5.74, 6) is 2.21. The number of fused-ring (bicyclic) bond motifs is 1. The Morgan fingerprint density at radius 2 is 1.91 bits per heavy atom. The molecule has 1 aromatic carbocycles. The Labute approximate surface area is 197 Å². The molecule has 0 radical (unpaired) electrons. The molecule has 1 aromatic heterocycles. The molecular formula is C27H37N3O3. The van der Waals surface area contributed by atoms with Gasteiger partial charge in [0.25, 0.3) is 0 Å². The van der Waals surface area contributed by atoms with Crippen LogP contribution >= 0.6 is 0 Å². The number of pyridine rings is 1. The number of rotatable bonds is 8. The second-order valence-corrected chi connectivity index (χ2v) is 9.37. The number of carbonyl (C=O) groups is 1. The van der Waals surface area contributed by atoms with Crippen LogP contribution in [0.1, 0.15) is 42.4 Å². The number of carbonyl (C=O) groups excluding carboxylic acids is 1. The maximum atomic E-state index is 13.1. The number of amides is 1. The molecule has 6 nitrogen and oxygen atoms in total. The van der Waals surface area contributed by atoms with Gasteiger partial charge in [-0.15, -0.1) is 0 Å². The topological polar surface area (TPSA) is 54.9 Å². The first-order valence-corrected chi connectivity index (χ1v) is 12.3. The molecule has 2 aliphatic rings. The lowest BCUT2D eigenvalue weighted by Gasteiger charge is -2.29. The molecule has 6 heteroatoms. The van der Waals surface area contributed by atoms with Gasteiger partial charge in [0.2, 0.25) is 5.91 Å². The van der Waals surface area contributed by atoms with Crippen LogP contribution in [0.5, 0.6) is 11.5 Å². The molecule has 33 heavy (non-hydrogen) atoms. The predicted octanol–water partition coefficient (Wildman–Crippen LogP) is 3.76. The van der Waals surface area contributed by atoms with Crippen molar-refractivity contribution in [2.45, 2.75) is 44.9 Å². The van der Waals surface area contributed by atoms with E-state index < -0.39 is 0 Å². The normalized spacial score (nSPS) is 19.5. The third-order valence-electron chi connectivity index (χ3n) is 7.05. The minimum absolute atomic E-state index is 0.230. The molecule has 0 spiro atoms. The van der Waals surface area contributed by atoms with Crippen molar-refractivity contribution < 1.29 is 14.3 Å². The van der Waals surface area contributed by atoms with Crippen LogP contribution in [-0.2, 0) is 24.1 Å². The second kappa shape index (κ2) is 11.5. The molecule has 0 bridgehead atoms. The highest BCUT2D eigenvalue weighted by molar-refractivity contribution is 5.80. The zero-order valence-electron chi connectivity index (χ0n) is 20.1. The van der Waals surface area contributed by atoms with Crippen LogP contribution in [0.2, 0.25) is 0 Å². The van der Waals surface area contributed by atoms with Crippen molar-refractivity contribution in [2.24, 2.45) is 5.92 Å². The van der Waals surface area contributed by atoms with E-state index >= 15 is 0 Å². The van der Waals surface area contributed by atoms with E-state index in [-0.39, 0.29) is 5.91 Å². The number of aromatic nitrogens is 1. The Morgan fingerprint density at radius 1 is 1.09 bits per heavy atom.